The minimum atomic E-state index is -0.472. The fourth-order valence-electron chi connectivity index (χ4n) is 2.77. The minimum absolute atomic E-state index is 0.0756. The van der Waals surface area contributed by atoms with Gasteiger partial charge in [-0.2, -0.15) is 5.26 Å². The van der Waals surface area contributed by atoms with E-state index in [1.165, 1.54) is 0 Å². The Balaban J connectivity index is 2.09. The molecule has 27 heavy (non-hydrogen) atoms. The van der Waals surface area contributed by atoms with Crippen molar-refractivity contribution < 1.29 is 4.79 Å². The standard InChI is InChI=1S/C21H18N4OS/c1-12(2)17(11-23)21(26)25-15-7-14(10-22)20(24)16(9-15)19-8-13-5-3-4-6-18(13)27-19/h3-10,22H,24H2,1-2H3,(H,25,26). The van der Waals surface area contributed by atoms with E-state index in [4.69, 9.17) is 11.1 Å². The molecule has 5 nitrogen and oxygen atoms in total. The molecule has 1 heterocycles. The lowest BCUT2D eigenvalue weighted by atomic mass is 10.0. The molecule has 0 saturated heterocycles. The van der Waals surface area contributed by atoms with E-state index in [0.29, 0.717) is 22.5 Å². The summed E-state index contributed by atoms with van der Waals surface area (Å²) in [4.78, 5) is 13.3. The maximum atomic E-state index is 12.4. The van der Waals surface area contributed by atoms with Gasteiger partial charge in [-0.25, -0.2) is 0 Å². The number of benzene rings is 2. The Morgan fingerprint density at radius 1 is 1.26 bits per heavy atom. The van der Waals surface area contributed by atoms with Crippen LogP contribution in [0.25, 0.3) is 20.5 Å². The number of thiophene rings is 1. The zero-order valence-corrected chi connectivity index (χ0v) is 15.8. The first kappa shape index (κ1) is 18.4. The van der Waals surface area contributed by atoms with Crippen LogP contribution in [0.4, 0.5) is 11.4 Å². The lowest BCUT2D eigenvalue weighted by molar-refractivity contribution is -0.112. The smallest absolute Gasteiger partial charge is 0.266 e. The van der Waals surface area contributed by atoms with E-state index in [-0.39, 0.29) is 5.57 Å². The maximum Gasteiger partial charge on any atom is 0.266 e. The highest BCUT2D eigenvalue weighted by Gasteiger charge is 2.15. The Morgan fingerprint density at radius 3 is 2.63 bits per heavy atom. The van der Waals surface area contributed by atoms with Gasteiger partial charge >= 0.3 is 0 Å². The SMILES string of the molecule is CC(C)=C(C#N)C(=O)Nc1cc(C=N)c(N)c(-c2cc3ccccc3s2)c1. The summed E-state index contributed by atoms with van der Waals surface area (Å²) >= 11 is 1.60. The normalized spacial score (nSPS) is 10.3. The molecular formula is C21H18N4OS. The number of hydrogen-bond donors (Lipinski definition) is 3. The number of nitrogens with zero attached hydrogens (tertiary/aromatic N) is 1. The average molecular weight is 374 g/mol. The summed E-state index contributed by atoms with van der Waals surface area (Å²) < 4.78 is 1.13. The number of carbonyl (C=O) groups is 1. The topological polar surface area (TPSA) is 103 Å². The Hall–Kier alpha value is -3.43. The third-order valence-electron chi connectivity index (χ3n) is 4.16. The second-order valence-electron chi connectivity index (χ2n) is 6.26. The number of carbonyl (C=O) groups excluding carboxylic acids is 1. The van der Waals surface area contributed by atoms with Gasteiger partial charge in [0.1, 0.15) is 11.6 Å². The highest BCUT2D eigenvalue weighted by Crippen LogP contribution is 2.38. The molecule has 6 heteroatoms. The van der Waals surface area contributed by atoms with Gasteiger partial charge in [0.15, 0.2) is 0 Å². The van der Waals surface area contributed by atoms with E-state index in [0.717, 1.165) is 26.7 Å². The number of amides is 1. The van der Waals surface area contributed by atoms with E-state index >= 15 is 0 Å². The van der Waals surface area contributed by atoms with Gasteiger partial charge in [-0.1, -0.05) is 23.8 Å². The number of nitrogens with one attached hydrogen (secondary N) is 2. The van der Waals surface area contributed by atoms with Crippen LogP contribution < -0.4 is 11.1 Å². The molecule has 4 N–H and O–H groups in total. The predicted molar refractivity (Wildman–Crippen MR) is 112 cm³/mol. The van der Waals surface area contributed by atoms with E-state index in [9.17, 15) is 10.1 Å². The first-order valence-corrected chi connectivity index (χ1v) is 9.08. The second kappa shape index (κ2) is 7.44. The lowest BCUT2D eigenvalue weighted by Crippen LogP contribution is -2.15. The number of rotatable bonds is 4. The lowest BCUT2D eigenvalue weighted by Gasteiger charge is -2.12. The number of nitriles is 1. The van der Waals surface area contributed by atoms with Crippen molar-refractivity contribution in [3.63, 3.8) is 0 Å². The zero-order chi connectivity index (χ0) is 19.6. The molecule has 0 radical (unpaired) electrons. The van der Waals surface area contributed by atoms with Gasteiger partial charge in [-0.05, 0) is 43.5 Å². The third kappa shape index (κ3) is 3.59. The fourth-order valence-corrected chi connectivity index (χ4v) is 3.86. The van der Waals surface area contributed by atoms with Crippen molar-refractivity contribution in [2.75, 3.05) is 11.1 Å². The van der Waals surface area contributed by atoms with Gasteiger partial charge < -0.3 is 16.5 Å². The van der Waals surface area contributed by atoms with Crippen LogP contribution in [0.1, 0.15) is 19.4 Å². The van der Waals surface area contributed by atoms with Crippen molar-refractivity contribution in [1.29, 1.82) is 10.7 Å². The van der Waals surface area contributed by atoms with Crippen molar-refractivity contribution >= 4 is 44.9 Å². The van der Waals surface area contributed by atoms with Gasteiger partial charge in [-0.15, -0.1) is 11.3 Å². The van der Waals surface area contributed by atoms with Gasteiger partial charge in [0, 0.05) is 38.3 Å². The highest BCUT2D eigenvalue weighted by atomic mass is 32.1. The highest BCUT2D eigenvalue weighted by molar-refractivity contribution is 7.22. The summed E-state index contributed by atoms with van der Waals surface area (Å²) in [5.74, 6) is -0.472. The maximum absolute atomic E-state index is 12.4. The molecule has 3 aromatic rings. The van der Waals surface area contributed by atoms with Crippen molar-refractivity contribution in [3.05, 3.63) is 59.2 Å². The van der Waals surface area contributed by atoms with Crippen LogP contribution in [0, 0.1) is 16.7 Å². The van der Waals surface area contributed by atoms with Gasteiger partial charge in [-0.3, -0.25) is 4.79 Å². The average Bonchev–Trinajstić information content (AvgIpc) is 3.07. The zero-order valence-electron chi connectivity index (χ0n) is 15.0. The Labute approximate surface area is 161 Å². The van der Waals surface area contributed by atoms with Gasteiger partial charge in [0.25, 0.3) is 5.91 Å². The molecule has 1 amide bonds. The van der Waals surface area contributed by atoms with Crippen LogP contribution in [0.3, 0.4) is 0 Å². The van der Waals surface area contributed by atoms with Gasteiger partial charge in [0.2, 0.25) is 0 Å². The summed E-state index contributed by atoms with van der Waals surface area (Å²) in [6, 6.07) is 15.4. The second-order valence-corrected chi connectivity index (χ2v) is 7.34. The first-order chi connectivity index (χ1) is 12.9. The van der Waals surface area contributed by atoms with Crippen LogP contribution >= 0.6 is 11.3 Å². The van der Waals surface area contributed by atoms with Crippen LogP contribution in [0.5, 0.6) is 0 Å². The predicted octanol–water partition coefficient (Wildman–Crippen LogP) is 4.95. The van der Waals surface area contributed by atoms with Crippen LogP contribution in [0.15, 0.2) is 53.6 Å². The Morgan fingerprint density at radius 2 is 2.00 bits per heavy atom. The molecule has 0 bridgehead atoms. The monoisotopic (exact) mass is 374 g/mol. The van der Waals surface area contributed by atoms with E-state index in [2.05, 4.69) is 5.32 Å². The first-order valence-electron chi connectivity index (χ1n) is 8.26. The molecule has 2 aromatic carbocycles. The number of fused-ring (bicyclic) bond motifs is 1. The third-order valence-corrected chi connectivity index (χ3v) is 5.30. The number of allylic oxidation sites excluding steroid dienone is 1. The van der Waals surface area contributed by atoms with Crippen LogP contribution in [0.2, 0.25) is 0 Å². The summed E-state index contributed by atoms with van der Waals surface area (Å²) in [6.07, 6.45) is 1.16. The quantitative estimate of drug-likeness (QED) is 0.261. The Bertz CT molecular complexity index is 1100. The summed E-state index contributed by atoms with van der Waals surface area (Å²) in [5, 5.41) is 20.7. The van der Waals surface area contributed by atoms with Crippen molar-refractivity contribution in [2.24, 2.45) is 0 Å². The molecule has 134 valence electrons. The van der Waals surface area contributed by atoms with E-state index < -0.39 is 5.91 Å². The van der Waals surface area contributed by atoms with Crippen molar-refractivity contribution in [1.82, 2.24) is 0 Å². The molecule has 0 aliphatic carbocycles. The largest absolute Gasteiger partial charge is 0.398 e. The minimum Gasteiger partial charge on any atom is -0.398 e. The summed E-state index contributed by atoms with van der Waals surface area (Å²) in [5.41, 5.74) is 9.22. The molecule has 0 aliphatic heterocycles. The molecule has 0 atom stereocenters. The molecule has 1 aromatic heterocycles. The van der Waals surface area contributed by atoms with Crippen molar-refractivity contribution in [2.45, 2.75) is 13.8 Å². The number of nitrogen functional groups attached to an aromatic ring is 1. The van der Waals surface area contributed by atoms with E-state index in [1.54, 1.807) is 37.3 Å². The Kier molecular flexibility index (Phi) is 5.06. The molecule has 0 fully saturated rings. The van der Waals surface area contributed by atoms with Crippen LogP contribution in [-0.4, -0.2) is 12.1 Å². The fraction of sp³-hybridized carbons (Fsp3) is 0.0952. The number of nitrogens with two attached hydrogens (primary N) is 1. The van der Waals surface area contributed by atoms with Gasteiger partial charge in [0.05, 0.1) is 0 Å². The van der Waals surface area contributed by atoms with E-state index in [1.807, 2.05) is 36.4 Å². The molecule has 0 unspecified atom stereocenters. The van der Waals surface area contributed by atoms with Crippen LogP contribution in [-0.2, 0) is 4.79 Å². The molecular weight excluding hydrogens is 356 g/mol. The summed E-state index contributed by atoms with van der Waals surface area (Å²) in [7, 11) is 0. The van der Waals surface area contributed by atoms with Crippen molar-refractivity contribution in [3.8, 4) is 16.5 Å². The molecule has 0 aliphatic rings. The molecule has 0 spiro atoms. The molecule has 0 saturated carbocycles. The number of hydrogen-bond acceptors (Lipinski definition) is 5. The molecule has 3 rings (SSSR count). The number of anilines is 2. The summed E-state index contributed by atoms with van der Waals surface area (Å²) in [6.45, 7) is 3.43.